The number of nitrogens with two attached hydrogens (primary N) is 1. The Hall–Kier alpha value is -1.00. The molecule has 1 aromatic carbocycles. The van der Waals surface area contributed by atoms with Crippen molar-refractivity contribution in [2.24, 2.45) is 11.7 Å². The van der Waals surface area contributed by atoms with Gasteiger partial charge in [0.1, 0.15) is 0 Å². The molecule has 1 amide bonds. The van der Waals surface area contributed by atoms with E-state index >= 15 is 0 Å². The van der Waals surface area contributed by atoms with Crippen LogP contribution in [0.3, 0.4) is 0 Å². The molecule has 1 aliphatic heterocycles. The van der Waals surface area contributed by atoms with Gasteiger partial charge in [-0.2, -0.15) is 0 Å². The second-order valence-corrected chi connectivity index (χ2v) is 7.00. The number of carbonyl (C=O) groups is 1. The molecule has 4 heteroatoms. The van der Waals surface area contributed by atoms with E-state index in [2.05, 4.69) is 29.6 Å². The molecule has 3 atom stereocenters. The maximum Gasteiger partial charge on any atom is 0.223 e. The summed E-state index contributed by atoms with van der Waals surface area (Å²) < 4.78 is 0. The lowest BCUT2D eigenvalue weighted by atomic mass is 9.85. The number of carbonyl (C=O) groups excluding carboxylic acids is 1. The van der Waals surface area contributed by atoms with Crippen molar-refractivity contribution < 1.29 is 4.79 Å². The standard InChI is InChI=1S/C16H22N2OS/c17-12-5-3-4-11(10-12)16(19)18-14-8-9-20-15-7-2-1-6-13(14)15/h1-2,6-7,11-12,14H,3-5,8-10,17H2,(H,18,19). The van der Waals surface area contributed by atoms with Crippen molar-refractivity contribution in [2.45, 2.75) is 49.1 Å². The summed E-state index contributed by atoms with van der Waals surface area (Å²) in [6, 6.07) is 8.79. The Morgan fingerprint density at radius 2 is 2.10 bits per heavy atom. The molecule has 1 aliphatic carbocycles. The predicted octanol–water partition coefficient (Wildman–Crippen LogP) is 2.86. The van der Waals surface area contributed by atoms with Crippen LogP contribution in [0.15, 0.2) is 29.2 Å². The van der Waals surface area contributed by atoms with Crippen molar-refractivity contribution in [1.82, 2.24) is 5.32 Å². The second-order valence-electron chi connectivity index (χ2n) is 5.86. The molecule has 20 heavy (non-hydrogen) atoms. The van der Waals surface area contributed by atoms with Crippen molar-refractivity contribution >= 4 is 17.7 Å². The van der Waals surface area contributed by atoms with E-state index in [9.17, 15) is 4.79 Å². The van der Waals surface area contributed by atoms with Crippen molar-refractivity contribution in [3.63, 3.8) is 0 Å². The van der Waals surface area contributed by atoms with E-state index in [0.29, 0.717) is 0 Å². The average molecular weight is 290 g/mol. The highest BCUT2D eigenvalue weighted by Gasteiger charge is 2.28. The summed E-state index contributed by atoms with van der Waals surface area (Å²) in [5, 5.41) is 3.26. The number of thioether (sulfide) groups is 1. The molecule has 108 valence electrons. The molecule has 1 fully saturated rings. The highest BCUT2D eigenvalue weighted by Crippen LogP contribution is 2.36. The van der Waals surface area contributed by atoms with Gasteiger partial charge in [0.2, 0.25) is 5.91 Å². The van der Waals surface area contributed by atoms with Gasteiger partial charge in [0.15, 0.2) is 0 Å². The maximum absolute atomic E-state index is 12.4. The molecule has 0 saturated heterocycles. The summed E-state index contributed by atoms with van der Waals surface area (Å²) in [5.74, 6) is 1.39. The first kappa shape index (κ1) is 14.0. The van der Waals surface area contributed by atoms with Crippen LogP contribution in [0.5, 0.6) is 0 Å². The number of amides is 1. The minimum absolute atomic E-state index is 0.112. The fraction of sp³-hybridized carbons (Fsp3) is 0.562. The van der Waals surface area contributed by atoms with Crippen LogP contribution in [0.4, 0.5) is 0 Å². The van der Waals surface area contributed by atoms with Gasteiger partial charge in [-0.15, -0.1) is 11.8 Å². The van der Waals surface area contributed by atoms with Crippen LogP contribution in [-0.2, 0) is 4.79 Å². The summed E-state index contributed by atoms with van der Waals surface area (Å²) in [5.41, 5.74) is 7.26. The number of rotatable bonds is 2. The molecule has 0 radical (unpaired) electrons. The molecule has 0 bridgehead atoms. The molecule has 2 aliphatic rings. The minimum atomic E-state index is 0.112. The zero-order chi connectivity index (χ0) is 13.9. The molecular formula is C16H22N2OS. The zero-order valence-electron chi connectivity index (χ0n) is 11.7. The van der Waals surface area contributed by atoms with Gasteiger partial charge in [-0.1, -0.05) is 24.6 Å². The third-order valence-corrected chi connectivity index (χ3v) is 5.48. The lowest BCUT2D eigenvalue weighted by Gasteiger charge is -2.30. The van der Waals surface area contributed by atoms with Crippen LogP contribution in [0.25, 0.3) is 0 Å². The van der Waals surface area contributed by atoms with Gasteiger partial charge in [0.05, 0.1) is 6.04 Å². The van der Waals surface area contributed by atoms with Crippen LogP contribution in [0.1, 0.15) is 43.7 Å². The zero-order valence-corrected chi connectivity index (χ0v) is 12.5. The molecular weight excluding hydrogens is 268 g/mol. The monoisotopic (exact) mass is 290 g/mol. The van der Waals surface area contributed by atoms with Crippen LogP contribution in [-0.4, -0.2) is 17.7 Å². The van der Waals surface area contributed by atoms with E-state index < -0.39 is 0 Å². The molecule has 1 aromatic rings. The fourth-order valence-corrected chi connectivity index (χ4v) is 4.37. The molecule has 3 rings (SSSR count). The fourth-order valence-electron chi connectivity index (χ4n) is 3.25. The Morgan fingerprint density at radius 1 is 1.25 bits per heavy atom. The number of fused-ring (bicyclic) bond motifs is 1. The van der Waals surface area contributed by atoms with Crippen molar-refractivity contribution in [3.8, 4) is 0 Å². The van der Waals surface area contributed by atoms with Crippen molar-refractivity contribution in [2.75, 3.05) is 5.75 Å². The SMILES string of the molecule is NC1CCCC(C(=O)NC2CCSc3ccccc32)C1. The van der Waals surface area contributed by atoms with Gasteiger partial charge in [-0.25, -0.2) is 0 Å². The van der Waals surface area contributed by atoms with E-state index in [-0.39, 0.29) is 23.9 Å². The first-order valence-electron chi connectivity index (χ1n) is 7.51. The third kappa shape index (κ3) is 3.01. The predicted molar refractivity (Wildman–Crippen MR) is 82.6 cm³/mol. The van der Waals surface area contributed by atoms with E-state index in [4.69, 9.17) is 5.73 Å². The van der Waals surface area contributed by atoms with Crippen molar-refractivity contribution in [3.05, 3.63) is 29.8 Å². The van der Waals surface area contributed by atoms with E-state index in [1.165, 1.54) is 10.5 Å². The lowest BCUT2D eigenvalue weighted by molar-refractivity contribution is -0.126. The Labute approximate surface area is 124 Å². The van der Waals surface area contributed by atoms with Crippen LogP contribution in [0.2, 0.25) is 0 Å². The molecule has 1 heterocycles. The van der Waals surface area contributed by atoms with Crippen LogP contribution < -0.4 is 11.1 Å². The van der Waals surface area contributed by atoms with Crippen LogP contribution in [0, 0.1) is 5.92 Å². The third-order valence-electron chi connectivity index (χ3n) is 4.36. The highest BCUT2D eigenvalue weighted by molar-refractivity contribution is 7.99. The smallest absolute Gasteiger partial charge is 0.223 e. The van der Waals surface area contributed by atoms with E-state index in [0.717, 1.165) is 37.9 Å². The number of benzene rings is 1. The Bertz CT molecular complexity index is 491. The average Bonchev–Trinajstić information content (AvgIpc) is 2.47. The first-order valence-corrected chi connectivity index (χ1v) is 8.50. The number of hydrogen-bond acceptors (Lipinski definition) is 3. The Morgan fingerprint density at radius 3 is 2.95 bits per heavy atom. The van der Waals surface area contributed by atoms with Gasteiger partial charge >= 0.3 is 0 Å². The molecule has 3 nitrogen and oxygen atoms in total. The van der Waals surface area contributed by atoms with Crippen molar-refractivity contribution in [1.29, 1.82) is 0 Å². The molecule has 1 saturated carbocycles. The van der Waals surface area contributed by atoms with Gasteiger partial charge in [-0.3, -0.25) is 4.79 Å². The summed E-state index contributed by atoms with van der Waals surface area (Å²) in [6.45, 7) is 0. The summed E-state index contributed by atoms with van der Waals surface area (Å²) >= 11 is 1.88. The maximum atomic E-state index is 12.4. The molecule has 3 N–H and O–H groups in total. The summed E-state index contributed by atoms with van der Waals surface area (Å²) in [6.07, 6.45) is 4.99. The van der Waals surface area contributed by atoms with Gasteiger partial charge in [0.25, 0.3) is 0 Å². The largest absolute Gasteiger partial charge is 0.349 e. The Kier molecular flexibility index (Phi) is 4.32. The quantitative estimate of drug-likeness (QED) is 0.880. The summed E-state index contributed by atoms with van der Waals surface area (Å²) in [7, 11) is 0. The number of nitrogens with one attached hydrogen (secondary N) is 1. The minimum Gasteiger partial charge on any atom is -0.349 e. The van der Waals surface area contributed by atoms with E-state index in [1.54, 1.807) is 0 Å². The first-order chi connectivity index (χ1) is 9.74. The normalized spacial score (nSPS) is 29.6. The summed E-state index contributed by atoms with van der Waals surface area (Å²) in [4.78, 5) is 13.8. The van der Waals surface area contributed by atoms with Gasteiger partial charge in [0, 0.05) is 22.6 Å². The number of hydrogen-bond donors (Lipinski definition) is 2. The van der Waals surface area contributed by atoms with E-state index in [1.807, 2.05) is 11.8 Å². The topological polar surface area (TPSA) is 55.1 Å². The second kappa shape index (κ2) is 6.19. The molecule has 0 spiro atoms. The highest BCUT2D eigenvalue weighted by atomic mass is 32.2. The lowest BCUT2D eigenvalue weighted by Crippen LogP contribution is -2.40. The molecule has 0 aromatic heterocycles. The van der Waals surface area contributed by atoms with Gasteiger partial charge < -0.3 is 11.1 Å². The Balaban J connectivity index is 1.68. The van der Waals surface area contributed by atoms with Crippen LogP contribution >= 0.6 is 11.8 Å². The van der Waals surface area contributed by atoms with Gasteiger partial charge in [-0.05, 0) is 37.3 Å². The molecule has 3 unspecified atom stereocenters.